The topological polar surface area (TPSA) is 81.5 Å². The van der Waals surface area contributed by atoms with Crippen LogP contribution in [-0.2, 0) is 21.2 Å². The molecule has 136 valence electrons. The monoisotopic (exact) mass is 363 g/mol. The molecule has 25 heavy (non-hydrogen) atoms. The molecule has 0 aromatic heterocycles. The third-order valence-electron chi connectivity index (χ3n) is 4.50. The summed E-state index contributed by atoms with van der Waals surface area (Å²) in [6, 6.07) is 8.77. The standard InChI is InChI=1S/C18H25N3O3S/c1-2-20(15-12-19)18(22)11-8-16-6-9-17(10-7-16)25(23,24)21-13-4-3-5-14-21/h6-7,9-10H,2-5,8,11,13-15H2,1H3. The molecule has 0 unspecified atom stereocenters. The average molecular weight is 363 g/mol. The number of hydrogen-bond donors (Lipinski definition) is 0. The van der Waals surface area contributed by atoms with Gasteiger partial charge in [0.05, 0.1) is 11.0 Å². The summed E-state index contributed by atoms with van der Waals surface area (Å²) < 4.78 is 26.8. The van der Waals surface area contributed by atoms with Crippen LogP contribution >= 0.6 is 0 Å². The number of piperidine rings is 1. The second kappa shape index (κ2) is 8.97. The minimum atomic E-state index is -3.41. The van der Waals surface area contributed by atoms with Crippen molar-refractivity contribution in [2.24, 2.45) is 0 Å². The number of sulfonamides is 1. The number of carbonyl (C=O) groups is 1. The van der Waals surface area contributed by atoms with Gasteiger partial charge < -0.3 is 4.90 Å². The van der Waals surface area contributed by atoms with Crippen LogP contribution in [0.3, 0.4) is 0 Å². The Morgan fingerprint density at radius 1 is 1.20 bits per heavy atom. The summed E-state index contributed by atoms with van der Waals surface area (Å²) >= 11 is 0. The molecule has 1 fully saturated rings. The summed E-state index contributed by atoms with van der Waals surface area (Å²) in [6.45, 7) is 3.63. The van der Waals surface area contributed by atoms with Crippen molar-refractivity contribution in [3.8, 4) is 6.07 Å². The average Bonchev–Trinajstić information content (AvgIpc) is 2.65. The van der Waals surface area contributed by atoms with Gasteiger partial charge in [-0.05, 0) is 43.9 Å². The quantitative estimate of drug-likeness (QED) is 0.695. The first-order valence-electron chi connectivity index (χ1n) is 8.73. The van der Waals surface area contributed by atoms with Crippen molar-refractivity contribution in [1.82, 2.24) is 9.21 Å². The fraction of sp³-hybridized carbons (Fsp3) is 0.556. The van der Waals surface area contributed by atoms with Crippen LogP contribution in [0.4, 0.5) is 0 Å². The number of benzene rings is 1. The van der Waals surface area contributed by atoms with E-state index in [9.17, 15) is 13.2 Å². The third-order valence-corrected chi connectivity index (χ3v) is 6.41. The highest BCUT2D eigenvalue weighted by atomic mass is 32.2. The van der Waals surface area contributed by atoms with E-state index in [0.29, 0.717) is 37.4 Å². The van der Waals surface area contributed by atoms with Crippen LogP contribution < -0.4 is 0 Å². The summed E-state index contributed by atoms with van der Waals surface area (Å²) in [6.07, 6.45) is 3.75. The fourth-order valence-corrected chi connectivity index (χ4v) is 4.47. The number of amides is 1. The van der Waals surface area contributed by atoms with Crippen molar-refractivity contribution < 1.29 is 13.2 Å². The van der Waals surface area contributed by atoms with Crippen LogP contribution in [0, 0.1) is 11.3 Å². The van der Waals surface area contributed by atoms with Gasteiger partial charge in [0.15, 0.2) is 0 Å². The summed E-state index contributed by atoms with van der Waals surface area (Å²) in [5.41, 5.74) is 0.916. The molecule has 0 spiro atoms. The molecule has 0 aliphatic carbocycles. The predicted octanol–water partition coefficient (Wildman–Crippen LogP) is 2.17. The van der Waals surface area contributed by atoms with Gasteiger partial charge in [-0.25, -0.2) is 8.42 Å². The first-order valence-corrected chi connectivity index (χ1v) is 10.2. The SMILES string of the molecule is CCN(CC#N)C(=O)CCc1ccc(S(=O)(=O)N2CCCCC2)cc1. The molecule has 0 N–H and O–H groups in total. The highest BCUT2D eigenvalue weighted by Gasteiger charge is 2.25. The van der Waals surface area contributed by atoms with E-state index in [1.165, 1.54) is 4.90 Å². The lowest BCUT2D eigenvalue weighted by Crippen LogP contribution is -2.35. The predicted molar refractivity (Wildman–Crippen MR) is 95.2 cm³/mol. The number of aryl methyl sites for hydroxylation is 1. The van der Waals surface area contributed by atoms with Gasteiger partial charge in [0.25, 0.3) is 0 Å². The molecule has 1 saturated heterocycles. The van der Waals surface area contributed by atoms with E-state index >= 15 is 0 Å². The number of rotatable bonds is 7. The highest BCUT2D eigenvalue weighted by Crippen LogP contribution is 2.21. The molecular weight excluding hydrogens is 338 g/mol. The summed E-state index contributed by atoms with van der Waals surface area (Å²) in [7, 11) is -3.41. The van der Waals surface area contributed by atoms with Gasteiger partial charge in [-0.3, -0.25) is 4.79 Å². The Hall–Kier alpha value is -1.91. The zero-order valence-electron chi connectivity index (χ0n) is 14.6. The molecule has 1 aliphatic rings. The number of hydrogen-bond acceptors (Lipinski definition) is 4. The van der Waals surface area contributed by atoms with Gasteiger partial charge in [-0.1, -0.05) is 18.6 Å². The molecule has 0 radical (unpaired) electrons. The van der Waals surface area contributed by atoms with Crippen molar-refractivity contribution in [3.05, 3.63) is 29.8 Å². The van der Waals surface area contributed by atoms with Crippen molar-refractivity contribution in [2.45, 2.75) is 43.9 Å². The largest absolute Gasteiger partial charge is 0.330 e. The number of nitrogens with zero attached hydrogens (tertiary/aromatic N) is 3. The molecule has 7 heteroatoms. The molecule has 1 aromatic rings. The van der Waals surface area contributed by atoms with E-state index in [0.717, 1.165) is 24.8 Å². The van der Waals surface area contributed by atoms with Crippen molar-refractivity contribution in [1.29, 1.82) is 5.26 Å². The zero-order valence-corrected chi connectivity index (χ0v) is 15.5. The Labute approximate surface area is 150 Å². The molecule has 6 nitrogen and oxygen atoms in total. The summed E-state index contributed by atoms with van der Waals surface area (Å²) in [5.74, 6) is -0.0611. The molecule has 1 aliphatic heterocycles. The maximum absolute atomic E-state index is 12.6. The molecule has 1 aromatic carbocycles. The van der Waals surface area contributed by atoms with Gasteiger partial charge in [-0.2, -0.15) is 9.57 Å². The van der Waals surface area contributed by atoms with Crippen LogP contribution in [0.1, 0.15) is 38.2 Å². The first kappa shape index (κ1) is 19.4. The minimum absolute atomic E-state index is 0.0611. The zero-order chi connectivity index (χ0) is 18.3. The van der Waals surface area contributed by atoms with Gasteiger partial charge in [-0.15, -0.1) is 0 Å². The Balaban J connectivity index is 1.98. The molecule has 1 heterocycles. The van der Waals surface area contributed by atoms with Gasteiger partial charge in [0.1, 0.15) is 6.54 Å². The van der Waals surface area contributed by atoms with Crippen molar-refractivity contribution >= 4 is 15.9 Å². The van der Waals surface area contributed by atoms with E-state index in [-0.39, 0.29) is 12.5 Å². The molecule has 2 rings (SSSR count). The van der Waals surface area contributed by atoms with Crippen LogP contribution in [0.25, 0.3) is 0 Å². The normalized spacial score (nSPS) is 15.5. The highest BCUT2D eigenvalue weighted by molar-refractivity contribution is 7.89. The van der Waals surface area contributed by atoms with E-state index in [1.807, 2.05) is 13.0 Å². The van der Waals surface area contributed by atoms with Crippen molar-refractivity contribution in [2.75, 3.05) is 26.2 Å². The van der Waals surface area contributed by atoms with E-state index in [1.54, 1.807) is 28.6 Å². The van der Waals surface area contributed by atoms with Gasteiger partial charge >= 0.3 is 0 Å². The van der Waals surface area contributed by atoms with Gasteiger partial charge in [0.2, 0.25) is 15.9 Å². The summed E-state index contributed by atoms with van der Waals surface area (Å²) in [4.78, 5) is 13.9. The number of nitriles is 1. The molecule has 1 amide bonds. The van der Waals surface area contributed by atoms with Crippen molar-refractivity contribution in [3.63, 3.8) is 0 Å². The lowest BCUT2D eigenvalue weighted by molar-refractivity contribution is -0.130. The van der Waals surface area contributed by atoms with Crippen LogP contribution in [-0.4, -0.2) is 49.7 Å². The molecule has 0 atom stereocenters. The summed E-state index contributed by atoms with van der Waals surface area (Å²) in [5, 5.41) is 8.71. The van der Waals surface area contributed by atoms with Crippen LogP contribution in [0.5, 0.6) is 0 Å². The Morgan fingerprint density at radius 2 is 1.84 bits per heavy atom. The first-order chi connectivity index (χ1) is 12.0. The Morgan fingerprint density at radius 3 is 2.40 bits per heavy atom. The lowest BCUT2D eigenvalue weighted by Gasteiger charge is -2.25. The van der Waals surface area contributed by atoms with E-state index < -0.39 is 10.0 Å². The Bertz CT molecular complexity index is 717. The maximum Gasteiger partial charge on any atom is 0.243 e. The molecular formula is C18H25N3O3S. The minimum Gasteiger partial charge on any atom is -0.330 e. The smallest absolute Gasteiger partial charge is 0.243 e. The van der Waals surface area contributed by atoms with Crippen LogP contribution in [0.15, 0.2) is 29.2 Å². The maximum atomic E-state index is 12.6. The van der Waals surface area contributed by atoms with E-state index in [2.05, 4.69) is 0 Å². The molecule has 0 saturated carbocycles. The lowest BCUT2D eigenvalue weighted by atomic mass is 10.1. The van der Waals surface area contributed by atoms with Gasteiger partial charge in [0, 0.05) is 26.1 Å². The molecule has 0 bridgehead atoms. The van der Waals surface area contributed by atoms with Crippen LogP contribution in [0.2, 0.25) is 0 Å². The third kappa shape index (κ3) is 5.03. The second-order valence-corrected chi connectivity index (χ2v) is 8.11. The second-order valence-electron chi connectivity index (χ2n) is 6.17. The number of carbonyl (C=O) groups excluding carboxylic acids is 1. The fourth-order valence-electron chi connectivity index (χ4n) is 2.95. The Kier molecular flexibility index (Phi) is 6.97. The van der Waals surface area contributed by atoms with E-state index in [4.69, 9.17) is 5.26 Å².